The third-order valence-corrected chi connectivity index (χ3v) is 7.71. The van der Waals surface area contributed by atoms with Gasteiger partial charge in [-0.25, -0.2) is 0 Å². The molecule has 0 amide bonds. The van der Waals surface area contributed by atoms with Gasteiger partial charge in [0.15, 0.2) is 0 Å². The van der Waals surface area contributed by atoms with Crippen LogP contribution in [0.2, 0.25) is 0 Å². The van der Waals surface area contributed by atoms with E-state index in [1.165, 1.54) is 38.2 Å². The average molecular weight is 771 g/mol. The van der Waals surface area contributed by atoms with Crippen LogP contribution in [0.15, 0.2) is 115 Å². The Hall–Kier alpha value is -3.77. The summed E-state index contributed by atoms with van der Waals surface area (Å²) in [5.41, 5.74) is 7.89. The van der Waals surface area contributed by atoms with E-state index in [1.54, 1.807) is 28.2 Å². The predicted octanol–water partition coefficient (Wildman–Crippen LogP) is 10.5. The van der Waals surface area contributed by atoms with Gasteiger partial charge in [-0.05, 0) is 40.5 Å². The average Bonchev–Trinajstić information content (AvgIpc) is 3.08. The Morgan fingerprint density at radius 3 is 1.85 bits per heavy atom. The molecule has 0 aliphatic heterocycles. The standard InChI is InChI=1S/C37H32N2.2C2H6N.Hf/c1-4-26-18-13-19-27(5-2)36(26)38-37(35-24-14-23-34(39(35)3)28-15-7-6-8-16-28)33-25-29-17-9-10-20-30(29)31-21-11-12-22-32(31)33;2*1-3-2;/h6-15,17-25,37H,3-5H2,1-2H3;2*1-2H3;/q-2;2*-1;+4. The summed E-state index contributed by atoms with van der Waals surface area (Å²) in [5, 5.41) is 17.6. The summed E-state index contributed by atoms with van der Waals surface area (Å²) >= 11 is 0. The van der Waals surface area contributed by atoms with Gasteiger partial charge < -0.3 is 20.5 Å². The molecule has 1 heterocycles. The maximum Gasteiger partial charge on any atom is 4.00 e. The number of nitrogens with zero attached hydrogens (tertiary/aromatic N) is 4. The Balaban J connectivity index is 0.000000765. The second-order valence-electron chi connectivity index (χ2n) is 10.8. The van der Waals surface area contributed by atoms with Gasteiger partial charge in [0.05, 0.1) is 5.69 Å². The summed E-state index contributed by atoms with van der Waals surface area (Å²) in [6.07, 6.45) is 1.86. The van der Waals surface area contributed by atoms with Crippen molar-refractivity contribution in [3.05, 3.63) is 167 Å². The maximum absolute atomic E-state index is 5.62. The van der Waals surface area contributed by atoms with Gasteiger partial charge in [0.1, 0.15) is 5.69 Å². The summed E-state index contributed by atoms with van der Waals surface area (Å²) in [7, 11) is 11.5. The van der Waals surface area contributed by atoms with Crippen molar-refractivity contribution in [2.75, 3.05) is 28.2 Å². The third kappa shape index (κ3) is 8.33. The van der Waals surface area contributed by atoms with E-state index in [1.807, 2.05) is 22.8 Å². The van der Waals surface area contributed by atoms with Gasteiger partial charge in [0.2, 0.25) is 0 Å². The van der Waals surface area contributed by atoms with E-state index in [9.17, 15) is 0 Å². The SMILES string of the molecule is C[N-]C.C[N-]C.[CH2-][n+]1c(-c2[c-]cccc2)cccc1C([N-]c1c(CC)cccc1CC)c1cc2ccccc2c2ccccc12.[Hf+4]. The van der Waals surface area contributed by atoms with E-state index in [-0.39, 0.29) is 31.9 Å². The first-order valence-corrected chi connectivity index (χ1v) is 15.5. The van der Waals surface area contributed by atoms with E-state index in [2.05, 4.69) is 135 Å². The number of aromatic nitrogens is 1. The molecule has 232 valence electrons. The normalized spacial score (nSPS) is 11.0. The van der Waals surface area contributed by atoms with E-state index in [0.717, 1.165) is 35.5 Å². The third-order valence-electron chi connectivity index (χ3n) is 7.71. The predicted molar refractivity (Wildman–Crippen MR) is 194 cm³/mol. The monoisotopic (exact) mass is 772 g/mol. The van der Waals surface area contributed by atoms with Crippen LogP contribution < -0.4 is 4.57 Å². The van der Waals surface area contributed by atoms with Crippen LogP contribution in [0.25, 0.3) is 48.8 Å². The van der Waals surface area contributed by atoms with Gasteiger partial charge in [-0.3, -0.25) is 0 Å². The van der Waals surface area contributed by atoms with Gasteiger partial charge in [0, 0.05) is 7.05 Å². The Bertz CT molecular complexity index is 1790. The van der Waals surface area contributed by atoms with Crippen LogP contribution in [0.5, 0.6) is 0 Å². The molecule has 0 aliphatic carbocycles. The van der Waals surface area contributed by atoms with Crippen LogP contribution in [0.3, 0.4) is 0 Å². The molecule has 0 N–H and O–H groups in total. The molecule has 0 spiro atoms. The largest absolute Gasteiger partial charge is 4.00 e. The summed E-state index contributed by atoms with van der Waals surface area (Å²) in [6, 6.07) is 43.8. The fourth-order valence-corrected chi connectivity index (χ4v) is 5.70. The van der Waals surface area contributed by atoms with Crippen LogP contribution in [-0.2, 0) is 38.7 Å². The number of fused-ring (bicyclic) bond motifs is 3. The van der Waals surface area contributed by atoms with Gasteiger partial charge in [0.25, 0.3) is 0 Å². The fourth-order valence-electron chi connectivity index (χ4n) is 5.70. The van der Waals surface area contributed by atoms with Crippen molar-refractivity contribution in [3.8, 4) is 11.3 Å². The van der Waals surface area contributed by atoms with Gasteiger partial charge in [-0.2, -0.15) is 28.2 Å². The molecule has 5 heteroatoms. The molecule has 0 bridgehead atoms. The van der Waals surface area contributed by atoms with E-state index in [4.69, 9.17) is 5.32 Å². The van der Waals surface area contributed by atoms with Crippen LogP contribution in [-0.4, -0.2) is 28.2 Å². The zero-order chi connectivity index (χ0) is 32.2. The summed E-state index contributed by atoms with van der Waals surface area (Å²) in [4.78, 5) is 0. The van der Waals surface area contributed by atoms with Crippen LogP contribution in [0.1, 0.15) is 42.3 Å². The number of hydrogen-bond donors (Lipinski definition) is 0. The number of para-hydroxylation sites is 1. The van der Waals surface area contributed by atoms with Gasteiger partial charge in [-0.15, -0.1) is 36.0 Å². The molecule has 0 saturated carbocycles. The van der Waals surface area contributed by atoms with E-state index < -0.39 is 0 Å². The molecule has 0 aliphatic rings. The van der Waals surface area contributed by atoms with Crippen molar-refractivity contribution in [2.45, 2.75) is 32.7 Å². The zero-order valence-corrected chi connectivity index (χ0v) is 31.5. The van der Waals surface area contributed by atoms with E-state index >= 15 is 0 Å². The van der Waals surface area contributed by atoms with Crippen molar-refractivity contribution in [2.24, 2.45) is 0 Å². The first kappa shape index (κ1) is 36.7. The second-order valence-corrected chi connectivity index (χ2v) is 10.8. The zero-order valence-electron chi connectivity index (χ0n) is 28.0. The van der Waals surface area contributed by atoms with Crippen molar-refractivity contribution >= 4 is 27.2 Å². The number of rotatable bonds is 7. The first-order valence-electron chi connectivity index (χ1n) is 15.5. The summed E-state index contributed by atoms with van der Waals surface area (Å²) < 4.78 is 2.05. The Kier molecular flexibility index (Phi) is 14.7. The summed E-state index contributed by atoms with van der Waals surface area (Å²) in [6.45, 7) is 4.42. The van der Waals surface area contributed by atoms with Crippen molar-refractivity contribution < 1.29 is 30.4 Å². The number of pyridine rings is 1. The fraction of sp³-hybridized carbons (Fsp3) is 0.220. The van der Waals surface area contributed by atoms with E-state index in [0.29, 0.717) is 0 Å². The Morgan fingerprint density at radius 2 is 1.24 bits per heavy atom. The molecule has 0 radical (unpaired) electrons. The second kappa shape index (κ2) is 18.4. The Labute approximate surface area is 295 Å². The molecule has 0 fully saturated rings. The minimum atomic E-state index is -0.251. The molecule has 1 unspecified atom stereocenters. The molecule has 6 rings (SSSR count). The maximum atomic E-state index is 5.62. The number of aryl methyl sites for hydroxylation is 2. The molecule has 6 aromatic rings. The molecular formula is C41H44HfN4. The van der Waals surface area contributed by atoms with Gasteiger partial charge >= 0.3 is 25.8 Å². The van der Waals surface area contributed by atoms with Crippen molar-refractivity contribution in [1.82, 2.24) is 0 Å². The Morgan fingerprint density at radius 1 is 0.674 bits per heavy atom. The van der Waals surface area contributed by atoms with Crippen molar-refractivity contribution in [3.63, 3.8) is 0 Å². The van der Waals surface area contributed by atoms with Crippen LogP contribution >= 0.6 is 0 Å². The topological polar surface area (TPSA) is 46.2 Å². The molecule has 5 aromatic carbocycles. The number of hydrogen-bond acceptors (Lipinski definition) is 0. The first-order chi connectivity index (χ1) is 22.0. The van der Waals surface area contributed by atoms with Crippen LogP contribution in [0.4, 0.5) is 5.69 Å². The molecule has 1 aromatic heterocycles. The molecule has 0 saturated heterocycles. The smallest absolute Gasteiger partial charge is 0.679 e. The molecule has 46 heavy (non-hydrogen) atoms. The van der Waals surface area contributed by atoms with Gasteiger partial charge in [-0.1, -0.05) is 127 Å². The summed E-state index contributed by atoms with van der Waals surface area (Å²) in [5.74, 6) is 0. The van der Waals surface area contributed by atoms with Crippen LogP contribution in [0, 0.1) is 13.1 Å². The van der Waals surface area contributed by atoms with Crippen molar-refractivity contribution in [1.29, 1.82) is 0 Å². The molecular weight excluding hydrogens is 727 g/mol. The number of benzene rings is 5. The minimum absolute atomic E-state index is 0. The minimum Gasteiger partial charge on any atom is -0.679 e. The molecule has 1 atom stereocenters. The quantitative estimate of drug-likeness (QED) is 0.0672. The molecule has 4 nitrogen and oxygen atoms in total.